The zero-order valence-corrected chi connectivity index (χ0v) is 18.9. The topological polar surface area (TPSA) is 105 Å². The smallest absolute Gasteiger partial charge is 0.397 e. The van der Waals surface area contributed by atoms with Gasteiger partial charge in [-0.05, 0) is 43.2 Å². The Kier molecular flexibility index (Phi) is 6.62. The predicted molar refractivity (Wildman–Crippen MR) is 119 cm³/mol. The van der Waals surface area contributed by atoms with Crippen LogP contribution < -0.4 is 20.7 Å². The molecular formula is C21H17ClF3N5O3S. The van der Waals surface area contributed by atoms with Crippen LogP contribution in [0.3, 0.4) is 0 Å². The van der Waals surface area contributed by atoms with Gasteiger partial charge in [0.15, 0.2) is 0 Å². The number of hydrogen-bond donors (Lipinski definition) is 3. The van der Waals surface area contributed by atoms with Gasteiger partial charge in [-0.25, -0.2) is 9.78 Å². The molecule has 8 nitrogen and oxygen atoms in total. The summed E-state index contributed by atoms with van der Waals surface area (Å²) in [6.07, 6.45) is -1.64. The minimum atomic E-state index is -4.58. The number of carbonyl (C=O) groups is 2. The van der Waals surface area contributed by atoms with Crippen molar-refractivity contribution >= 4 is 46.3 Å². The molecule has 1 aromatic carbocycles. The molecule has 0 aliphatic heterocycles. The fourth-order valence-electron chi connectivity index (χ4n) is 3.06. The van der Waals surface area contributed by atoms with Crippen molar-refractivity contribution in [2.75, 3.05) is 5.32 Å². The van der Waals surface area contributed by atoms with Crippen molar-refractivity contribution in [3.05, 3.63) is 64.5 Å². The van der Waals surface area contributed by atoms with Crippen LogP contribution in [0, 0.1) is 0 Å². The number of carbonyl (C=O) groups excluding carboxylic acids is 2. The molecule has 1 fully saturated rings. The molecule has 4 rings (SSSR count). The van der Waals surface area contributed by atoms with Crippen molar-refractivity contribution in [3.8, 4) is 5.06 Å². The second kappa shape index (κ2) is 9.47. The molecule has 2 aromatic heterocycles. The molecule has 0 radical (unpaired) electrons. The van der Waals surface area contributed by atoms with Crippen LogP contribution in [-0.2, 0) is 17.5 Å². The standard InChI is InChI=1S/C21H17ClF3N5O3S/c22-12-1-4-16(15(7-12)21(23,24)25)29-14-3-2-13(27-9-14)8-28-18(31)20(5-6-20)30-19(32)33-17-10-26-11-34-17/h1-4,7,9-11,29H,5-6,8H2,(H,28,31)(H,30,32). The third-order valence-corrected chi connectivity index (χ3v) is 5.83. The van der Waals surface area contributed by atoms with E-state index in [-0.39, 0.29) is 23.2 Å². The van der Waals surface area contributed by atoms with E-state index in [9.17, 15) is 22.8 Å². The SMILES string of the molecule is O=C(NC1(C(=O)NCc2ccc(Nc3ccc(Cl)cc3C(F)(F)F)cn2)CC1)Oc1cncs1. The van der Waals surface area contributed by atoms with Gasteiger partial charge in [-0.2, -0.15) is 13.2 Å². The summed E-state index contributed by atoms with van der Waals surface area (Å²) in [5, 5.41) is 8.24. The van der Waals surface area contributed by atoms with Crippen molar-refractivity contribution in [3.63, 3.8) is 0 Å². The molecule has 0 bridgehead atoms. The zero-order valence-electron chi connectivity index (χ0n) is 17.3. The van der Waals surface area contributed by atoms with Crippen molar-refractivity contribution < 1.29 is 27.5 Å². The van der Waals surface area contributed by atoms with Crippen molar-refractivity contribution in [1.82, 2.24) is 20.6 Å². The first kappa shape index (κ1) is 23.8. The van der Waals surface area contributed by atoms with Crippen LogP contribution in [0.2, 0.25) is 5.02 Å². The molecule has 1 aliphatic rings. The number of benzene rings is 1. The van der Waals surface area contributed by atoms with E-state index in [4.69, 9.17) is 16.3 Å². The van der Waals surface area contributed by atoms with Crippen LogP contribution >= 0.6 is 22.9 Å². The van der Waals surface area contributed by atoms with Crippen molar-refractivity contribution in [2.24, 2.45) is 0 Å². The molecule has 0 saturated heterocycles. The second-order valence-corrected chi connectivity index (χ2v) is 8.74. The summed E-state index contributed by atoms with van der Waals surface area (Å²) in [7, 11) is 0. The molecule has 0 spiro atoms. The molecule has 13 heteroatoms. The van der Waals surface area contributed by atoms with Crippen molar-refractivity contribution in [1.29, 1.82) is 0 Å². The number of ether oxygens (including phenoxy) is 1. The number of nitrogens with zero attached hydrogens (tertiary/aromatic N) is 2. The van der Waals surface area contributed by atoms with E-state index < -0.39 is 23.4 Å². The summed E-state index contributed by atoms with van der Waals surface area (Å²) >= 11 is 6.84. The number of anilines is 2. The lowest BCUT2D eigenvalue weighted by Crippen LogP contribution is -2.49. The average molecular weight is 512 g/mol. The summed E-state index contributed by atoms with van der Waals surface area (Å²) in [6, 6.07) is 6.54. The summed E-state index contributed by atoms with van der Waals surface area (Å²) < 4.78 is 44.8. The Morgan fingerprint density at radius 2 is 1.97 bits per heavy atom. The van der Waals surface area contributed by atoms with E-state index in [0.29, 0.717) is 29.3 Å². The van der Waals surface area contributed by atoms with E-state index in [1.807, 2.05) is 0 Å². The van der Waals surface area contributed by atoms with E-state index in [0.717, 1.165) is 17.4 Å². The molecule has 1 saturated carbocycles. The Bertz CT molecular complexity index is 1190. The maximum Gasteiger partial charge on any atom is 0.418 e. The Morgan fingerprint density at radius 3 is 2.59 bits per heavy atom. The van der Waals surface area contributed by atoms with Gasteiger partial charge in [0.05, 0.1) is 47.1 Å². The van der Waals surface area contributed by atoms with Gasteiger partial charge < -0.3 is 20.7 Å². The van der Waals surface area contributed by atoms with Gasteiger partial charge in [-0.1, -0.05) is 22.9 Å². The molecule has 178 valence electrons. The molecule has 1 aliphatic carbocycles. The molecule has 2 heterocycles. The Hall–Kier alpha value is -3.38. The van der Waals surface area contributed by atoms with Crippen LogP contribution in [0.4, 0.5) is 29.3 Å². The van der Waals surface area contributed by atoms with Gasteiger partial charge in [0.25, 0.3) is 0 Å². The molecule has 0 unspecified atom stereocenters. The largest absolute Gasteiger partial charge is 0.418 e. The zero-order chi connectivity index (χ0) is 24.3. The summed E-state index contributed by atoms with van der Waals surface area (Å²) in [4.78, 5) is 32.5. The van der Waals surface area contributed by atoms with Crippen LogP contribution in [0.5, 0.6) is 5.06 Å². The van der Waals surface area contributed by atoms with Crippen LogP contribution in [0.15, 0.2) is 48.2 Å². The highest BCUT2D eigenvalue weighted by molar-refractivity contribution is 7.11. The Labute approximate surface area is 200 Å². The van der Waals surface area contributed by atoms with Gasteiger partial charge in [-0.3, -0.25) is 9.78 Å². The van der Waals surface area contributed by atoms with Crippen LogP contribution in [0.1, 0.15) is 24.1 Å². The fraction of sp³-hybridized carbons (Fsp3) is 0.238. The number of alkyl halides is 3. The number of amides is 2. The highest BCUT2D eigenvalue weighted by Crippen LogP contribution is 2.38. The van der Waals surface area contributed by atoms with E-state index in [1.54, 1.807) is 12.1 Å². The lowest BCUT2D eigenvalue weighted by Gasteiger charge is -2.17. The number of aromatic nitrogens is 2. The molecule has 2 amide bonds. The van der Waals surface area contributed by atoms with Crippen LogP contribution in [-0.4, -0.2) is 27.5 Å². The van der Waals surface area contributed by atoms with Gasteiger partial charge in [-0.15, -0.1) is 0 Å². The number of pyridine rings is 1. The van der Waals surface area contributed by atoms with Gasteiger partial charge in [0.2, 0.25) is 11.0 Å². The summed E-state index contributed by atoms with van der Waals surface area (Å²) in [5.74, 6) is -0.381. The lowest BCUT2D eigenvalue weighted by molar-refractivity contribution is -0.137. The summed E-state index contributed by atoms with van der Waals surface area (Å²) in [6.45, 7) is 0.0706. The highest BCUT2D eigenvalue weighted by atomic mass is 35.5. The average Bonchev–Trinajstić information content (AvgIpc) is 3.38. The van der Waals surface area contributed by atoms with Gasteiger partial charge in [0.1, 0.15) is 5.54 Å². The maximum absolute atomic E-state index is 13.3. The lowest BCUT2D eigenvalue weighted by atomic mass is 10.1. The molecule has 0 atom stereocenters. The van der Waals surface area contributed by atoms with E-state index >= 15 is 0 Å². The minimum absolute atomic E-state index is 0.0261. The monoisotopic (exact) mass is 511 g/mol. The van der Waals surface area contributed by atoms with E-state index in [2.05, 4.69) is 25.9 Å². The first-order valence-electron chi connectivity index (χ1n) is 9.90. The first-order valence-corrected chi connectivity index (χ1v) is 11.2. The molecule has 34 heavy (non-hydrogen) atoms. The molecule has 3 aromatic rings. The Morgan fingerprint density at radius 1 is 1.18 bits per heavy atom. The first-order chi connectivity index (χ1) is 16.1. The number of nitrogens with one attached hydrogen (secondary N) is 3. The quantitative estimate of drug-likeness (QED) is 0.417. The van der Waals surface area contributed by atoms with Gasteiger partial charge >= 0.3 is 12.3 Å². The highest BCUT2D eigenvalue weighted by Gasteiger charge is 2.51. The normalized spacial score (nSPS) is 14.2. The third kappa shape index (κ3) is 5.75. The van der Waals surface area contributed by atoms with Gasteiger partial charge in [0, 0.05) is 5.02 Å². The second-order valence-electron chi connectivity index (χ2n) is 7.45. The van der Waals surface area contributed by atoms with Crippen molar-refractivity contribution in [2.45, 2.75) is 31.1 Å². The number of hydrogen-bond acceptors (Lipinski definition) is 7. The summed E-state index contributed by atoms with van der Waals surface area (Å²) in [5.41, 5.74) is 0.231. The number of thiazole rings is 1. The van der Waals surface area contributed by atoms with E-state index in [1.165, 1.54) is 30.0 Å². The van der Waals surface area contributed by atoms with Crippen LogP contribution in [0.25, 0.3) is 0 Å². The molecule has 3 N–H and O–H groups in total. The number of halogens is 4. The fourth-order valence-corrected chi connectivity index (χ4v) is 3.70. The maximum atomic E-state index is 13.3. The Balaban J connectivity index is 1.32. The molecular weight excluding hydrogens is 495 g/mol. The third-order valence-electron chi connectivity index (χ3n) is 4.95. The minimum Gasteiger partial charge on any atom is -0.397 e. The predicted octanol–water partition coefficient (Wildman–Crippen LogP) is 4.89. The number of rotatable bonds is 7.